The standard InChI is InChI=1S/3C50H44/c1-49(2,3)35-25-21-33(22-26-35)37-29-31-47(41-15-9-7-13-39(37)41)45-19-11-18-44-43(45)17-12-20-46(44)48-32-30-38(40-14-8-10-16-42(40)48)34-23-27-36(28-24-34)50(4,5)6;1-49(2,3)43-25-21-33(22-26-43)35-13-15-39-31-41(19-17-37(39)29-35)45-9-7-12-48-46(10-8-11-47(45)48)42-20-18-38-30-36(14-16-40(38)32-42)34-23-27-44(28-24-34)50(4,5)6;1-49(2,3)39-25-21-33(22-26-39)35-17-18-37-32-38(20-19-36(37)31-35)41-13-9-15-46-44(41)14-10-16-47(46)48-30-29-42(43-11-7-8-12-45(43)48)34-23-27-40(28-24-34)50(4,5)6/h3*7-32H,1-6H3. The zero-order valence-corrected chi connectivity index (χ0v) is 90.0. The molecule has 24 rings (SSSR count). The third-order valence-corrected chi connectivity index (χ3v) is 31.3. The topological polar surface area (TPSA) is 0 Å². The molecule has 0 atom stereocenters. The van der Waals surface area contributed by atoms with E-state index in [9.17, 15) is 0 Å². The highest BCUT2D eigenvalue weighted by atomic mass is 14.3. The van der Waals surface area contributed by atoms with Gasteiger partial charge in [-0.3, -0.25) is 0 Å². The van der Waals surface area contributed by atoms with Crippen molar-refractivity contribution in [2.75, 3.05) is 0 Å². The highest BCUT2D eigenvalue weighted by Gasteiger charge is 2.25. The van der Waals surface area contributed by atoms with E-state index < -0.39 is 0 Å². The fourth-order valence-corrected chi connectivity index (χ4v) is 22.5. The summed E-state index contributed by atoms with van der Waals surface area (Å²) in [6.45, 7) is 40.8. The van der Waals surface area contributed by atoms with Crippen molar-refractivity contribution in [1.29, 1.82) is 0 Å². The summed E-state index contributed by atoms with van der Waals surface area (Å²) in [5.41, 5.74) is 39.1. The molecule has 150 heavy (non-hydrogen) atoms. The van der Waals surface area contributed by atoms with Gasteiger partial charge in [-0.15, -0.1) is 0 Å². The summed E-state index contributed by atoms with van der Waals surface area (Å²) >= 11 is 0. The van der Waals surface area contributed by atoms with Crippen molar-refractivity contribution in [2.24, 2.45) is 0 Å². The lowest BCUT2D eigenvalue weighted by molar-refractivity contribution is 0.590. The van der Waals surface area contributed by atoms with Crippen molar-refractivity contribution in [2.45, 2.75) is 157 Å². The zero-order chi connectivity index (χ0) is 104. The van der Waals surface area contributed by atoms with Crippen molar-refractivity contribution >= 4 is 97.0 Å². The molecular weight excluding hydrogens is 1800 g/mol. The van der Waals surface area contributed by atoms with Crippen LogP contribution in [0.2, 0.25) is 0 Å². The summed E-state index contributed by atoms with van der Waals surface area (Å²) in [5, 5.41) is 22.8. The monoisotopic (exact) mass is 1930 g/mol. The molecule has 0 aliphatic heterocycles. The summed E-state index contributed by atoms with van der Waals surface area (Å²) < 4.78 is 0. The lowest BCUT2D eigenvalue weighted by Gasteiger charge is -2.20. The third kappa shape index (κ3) is 19.7. The van der Waals surface area contributed by atoms with E-state index in [1.54, 1.807) is 0 Å². The van der Waals surface area contributed by atoms with E-state index in [2.05, 4.69) is 598 Å². The molecular formula is C150H132. The molecule has 0 amide bonds. The van der Waals surface area contributed by atoms with E-state index in [1.165, 1.54) is 264 Å². The fourth-order valence-electron chi connectivity index (χ4n) is 22.5. The molecule has 0 saturated heterocycles. The average Bonchev–Trinajstić information content (AvgIpc) is 0.773. The molecule has 24 aromatic carbocycles. The molecule has 24 aromatic rings. The minimum Gasteiger partial charge on any atom is -0.0616 e. The molecule has 0 spiro atoms. The average molecular weight is 1930 g/mol. The second-order valence-corrected chi connectivity index (χ2v) is 47.5. The van der Waals surface area contributed by atoms with Crippen LogP contribution in [0.3, 0.4) is 0 Å². The molecule has 0 aromatic heterocycles. The zero-order valence-electron chi connectivity index (χ0n) is 90.0. The molecule has 0 fully saturated rings. The van der Waals surface area contributed by atoms with Gasteiger partial charge in [0.15, 0.2) is 0 Å². The fraction of sp³-hybridized carbons (Fsp3) is 0.160. The van der Waals surface area contributed by atoms with E-state index in [1.807, 2.05) is 0 Å². The van der Waals surface area contributed by atoms with Gasteiger partial charge in [0.2, 0.25) is 0 Å². The van der Waals surface area contributed by atoms with Gasteiger partial charge in [0, 0.05) is 0 Å². The summed E-state index contributed by atoms with van der Waals surface area (Å²) in [4.78, 5) is 0. The molecule has 0 radical (unpaired) electrons. The van der Waals surface area contributed by atoms with Crippen LogP contribution in [0, 0.1) is 0 Å². The van der Waals surface area contributed by atoms with Crippen LogP contribution < -0.4 is 0 Å². The lowest BCUT2D eigenvalue weighted by Crippen LogP contribution is -2.10. The summed E-state index contributed by atoms with van der Waals surface area (Å²) in [5.74, 6) is 0. The van der Waals surface area contributed by atoms with Crippen molar-refractivity contribution in [3.05, 3.63) is 507 Å². The first-order valence-electron chi connectivity index (χ1n) is 53.5. The van der Waals surface area contributed by atoms with Gasteiger partial charge in [0.1, 0.15) is 0 Å². The molecule has 0 heterocycles. The van der Waals surface area contributed by atoms with Gasteiger partial charge in [-0.05, 0) is 333 Å². The Morgan fingerprint density at radius 2 is 0.220 bits per heavy atom. The quantitative estimate of drug-likeness (QED) is 0.114. The minimum absolute atomic E-state index is 0.129. The van der Waals surface area contributed by atoms with E-state index in [-0.39, 0.29) is 32.5 Å². The van der Waals surface area contributed by atoms with Crippen LogP contribution in [0.4, 0.5) is 0 Å². The van der Waals surface area contributed by atoms with Gasteiger partial charge < -0.3 is 0 Å². The largest absolute Gasteiger partial charge is 0.0616 e. The maximum Gasteiger partial charge on any atom is -0.00987 e. The van der Waals surface area contributed by atoms with Gasteiger partial charge in [-0.1, -0.05) is 561 Å². The number of rotatable bonds is 12. The van der Waals surface area contributed by atoms with Crippen LogP contribution >= 0.6 is 0 Å². The Morgan fingerprint density at radius 1 is 0.0933 bits per heavy atom. The van der Waals surface area contributed by atoms with Crippen molar-refractivity contribution in [3.8, 4) is 134 Å². The van der Waals surface area contributed by atoms with Crippen LogP contribution in [-0.2, 0) is 32.5 Å². The third-order valence-electron chi connectivity index (χ3n) is 31.3. The number of hydrogen-bond acceptors (Lipinski definition) is 0. The number of benzene rings is 24. The van der Waals surface area contributed by atoms with Gasteiger partial charge in [-0.2, -0.15) is 0 Å². The van der Waals surface area contributed by atoms with Crippen LogP contribution in [-0.4, -0.2) is 0 Å². The summed E-state index contributed by atoms with van der Waals surface area (Å²) in [6, 6.07) is 177. The van der Waals surface area contributed by atoms with Gasteiger partial charge in [0.25, 0.3) is 0 Å². The van der Waals surface area contributed by atoms with Crippen molar-refractivity contribution < 1.29 is 0 Å². The lowest BCUT2D eigenvalue weighted by atomic mass is 9.84. The molecule has 0 saturated carbocycles. The Hall–Kier alpha value is -16.4. The van der Waals surface area contributed by atoms with E-state index in [4.69, 9.17) is 0 Å². The maximum absolute atomic E-state index is 2.35. The maximum atomic E-state index is 2.35. The molecule has 0 aliphatic carbocycles. The van der Waals surface area contributed by atoms with Gasteiger partial charge in [0.05, 0.1) is 0 Å². The number of fused-ring (bicyclic) bond motifs is 9. The Balaban J connectivity index is 0.000000127. The second kappa shape index (κ2) is 39.4. The first-order chi connectivity index (χ1) is 72.1. The normalized spacial score (nSPS) is 12.2. The highest BCUT2D eigenvalue weighted by Crippen LogP contribution is 2.49. The predicted molar refractivity (Wildman–Crippen MR) is 654 cm³/mol. The second-order valence-electron chi connectivity index (χ2n) is 47.5. The highest BCUT2D eigenvalue weighted by molar-refractivity contribution is 6.17. The molecule has 0 unspecified atom stereocenters. The SMILES string of the molecule is CC(C)(C)c1ccc(-c2ccc(-c3cccc4c(-c5ccc(-c6ccc(C(C)(C)C)cc6)c6ccccc56)cccc34)c3ccccc23)cc1.CC(C)(C)c1ccc(-c2ccc3cc(-c4cccc5c(-c6ccc(-c7ccc(C(C)(C)C)cc7)c7ccccc67)cccc45)ccc3c2)cc1.CC(C)(C)c1ccc(-c2ccc3cc(-c4cccc5c(-c6ccc7cc(-c8ccc(C(C)(C)C)cc8)ccc7c6)cccc45)ccc3c2)cc1. The molecule has 0 heteroatoms. The summed E-state index contributed by atoms with van der Waals surface area (Å²) in [7, 11) is 0. The Kier molecular flexibility index (Phi) is 25.8. The molecule has 0 nitrogen and oxygen atoms in total. The molecule has 732 valence electrons. The first kappa shape index (κ1) is 98.3. The van der Waals surface area contributed by atoms with Gasteiger partial charge >= 0.3 is 0 Å². The van der Waals surface area contributed by atoms with Crippen LogP contribution in [0.5, 0.6) is 0 Å². The van der Waals surface area contributed by atoms with E-state index in [0.29, 0.717) is 0 Å². The van der Waals surface area contributed by atoms with Crippen LogP contribution in [0.25, 0.3) is 230 Å². The first-order valence-corrected chi connectivity index (χ1v) is 53.5. The Labute approximate surface area is 887 Å². The van der Waals surface area contributed by atoms with E-state index in [0.717, 1.165) is 0 Å². The van der Waals surface area contributed by atoms with Crippen molar-refractivity contribution in [3.63, 3.8) is 0 Å². The van der Waals surface area contributed by atoms with E-state index >= 15 is 0 Å². The number of hydrogen-bond donors (Lipinski definition) is 0. The van der Waals surface area contributed by atoms with Gasteiger partial charge in [-0.25, -0.2) is 0 Å². The smallest absolute Gasteiger partial charge is 0.00987 e. The van der Waals surface area contributed by atoms with Crippen LogP contribution in [0.15, 0.2) is 473 Å². The summed E-state index contributed by atoms with van der Waals surface area (Å²) in [6.07, 6.45) is 0. The Bertz CT molecular complexity index is 8900. The van der Waals surface area contributed by atoms with Crippen LogP contribution in [0.1, 0.15) is 158 Å². The molecule has 0 bridgehead atoms. The predicted octanol–water partition coefficient (Wildman–Crippen LogP) is 43.2. The van der Waals surface area contributed by atoms with Crippen molar-refractivity contribution in [1.82, 2.24) is 0 Å². The Morgan fingerprint density at radius 3 is 0.407 bits per heavy atom. The molecule has 0 aliphatic rings. The minimum atomic E-state index is 0.129. The molecule has 0 N–H and O–H groups in total.